The van der Waals surface area contributed by atoms with E-state index in [1.807, 2.05) is 24.4 Å². The second-order valence-electron chi connectivity index (χ2n) is 9.28. The van der Waals surface area contributed by atoms with Crippen molar-refractivity contribution < 1.29 is 19.1 Å². The Balaban J connectivity index is 1.73. The van der Waals surface area contributed by atoms with Gasteiger partial charge in [-0.25, -0.2) is 9.90 Å². The minimum absolute atomic E-state index is 0.00559. The number of ether oxygens (including phenoxy) is 2. The van der Waals surface area contributed by atoms with Crippen LogP contribution in [0.15, 0.2) is 35.4 Å². The molecule has 0 spiro atoms. The van der Waals surface area contributed by atoms with E-state index >= 15 is 0 Å². The molecular formula is C21H30N2O4Si. The first-order valence-electron chi connectivity index (χ1n) is 9.84. The average Bonchev–Trinajstić information content (AvgIpc) is 3.11. The van der Waals surface area contributed by atoms with Gasteiger partial charge in [-0.1, -0.05) is 39.0 Å². The molecular weight excluding hydrogens is 372 g/mol. The molecule has 1 saturated carbocycles. The van der Waals surface area contributed by atoms with Crippen molar-refractivity contribution in [3.63, 3.8) is 0 Å². The Morgan fingerprint density at radius 3 is 2.61 bits per heavy atom. The van der Waals surface area contributed by atoms with E-state index in [1.54, 1.807) is 12.1 Å². The Hall–Kier alpha value is -2.15. The van der Waals surface area contributed by atoms with Gasteiger partial charge in [0.1, 0.15) is 12.2 Å². The summed E-state index contributed by atoms with van der Waals surface area (Å²) in [5, 5.41) is 8.05. The summed E-state index contributed by atoms with van der Waals surface area (Å²) in [6.45, 7) is 11.1. The van der Waals surface area contributed by atoms with E-state index in [0.29, 0.717) is 18.4 Å². The first kappa shape index (κ1) is 20.6. The highest BCUT2D eigenvalue weighted by atomic mass is 28.3. The van der Waals surface area contributed by atoms with Crippen LogP contribution in [0.25, 0.3) is 0 Å². The number of carbonyl (C=O) groups excluding carboxylic acids is 2. The van der Waals surface area contributed by atoms with E-state index in [2.05, 4.69) is 44.1 Å². The van der Waals surface area contributed by atoms with Gasteiger partial charge in [-0.15, -0.1) is 0 Å². The SMILES string of the molecule is CC(C)(C)[Si](C)(C)N/N=C/[C@@H]1[C@H]2CC(=O)O[C@H]2C[C@H]1OC(=O)c1ccccc1. The predicted molar refractivity (Wildman–Crippen MR) is 111 cm³/mol. The number of hydrazone groups is 1. The Bertz CT molecular complexity index is 757. The van der Waals surface area contributed by atoms with Crippen LogP contribution in [-0.2, 0) is 14.3 Å². The maximum atomic E-state index is 12.5. The monoisotopic (exact) mass is 402 g/mol. The molecule has 2 aliphatic rings. The lowest BCUT2D eigenvalue weighted by molar-refractivity contribution is -0.141. The summed E-state index contributed by atoms with van der Waals surface area (Å²) < 4.78 is 11.2. The summed E-state index contributed by atoms with van der Waals surface area (Å²) in [6.07, 6.45) is 2.15. The highest BCUT2D eigenvalue weighted by Gasteiger charge is 2.51. The van der Waals surface area contributed by atoms with Gasteiger partial charge in [0.25, 0.3) is 0 Å². The molecule has 1 aromatic rings. The quantitative estimate of drug-likeness (QED) is 0.351. The standard InChI is InChI=1S/C21H30N2O4Si/c1-21(2,3)28(4,5)23-22-13-16-15-11-19(24)26-17(15)12-18(16)27-20(25)14-9-7-6-8-10-14/h6-10,13,15-18,23H,11-12H2,1-5H3/b22-13+/t15-,16-,17+,18-/m1/s1. The topological polar surface area (TPSA) is 77.0 Å². The molecule has 1 aliphatic carbocycles. The molecule has 1 N–H and O–H groups in total. The van der Waals surface area contributed by atoms with Crippen molar-refractivity contribution in [2.75, 3.05) is 0 Å². The van der Waals surface area contributed by atoms with Gasteiger partial charge in [-0.3, -0.25) is 4.79 Å². The van der Waals surface area contributed by atoms with Gasteiger partial charge in [0.2, 0.25) is 0 Å². The number of nitrogens with one attached hydrogen (secondary N) is 1. The van der Waals surface area contributed by atoms with Crippen molar-refractivity contribution in [2.45, 2.75) is 64.0 Å². The van der Waals surface area contributed by atoms with Gasteiger partial charge in [-0.2, -0.15) is 0 Å². The third kappa shape index (κ3) is 4.29. The van der Waals surface area contributed by atoms with Crippen molar-refractivity contribution in [2.24, 2.45) is 16.9 Å². The Labute approximate surface area is 167 Å². The Kier molecular flexibility index (Phi) is 5.66. The predicted octanol–water partition coefficient (Wildman–Crippen LogP) is 3.74. The van der Waals surface area contributed by atoms with Gasteiger partial charge < -0.3 is 14.6 Å². The van der Waals surface area contributed by atoms with Gasteiger partial charge in [0.05, 0.1) is 12.0 Å². The number of rotatable bonds is 5. The van der Waals surface area contributed by atoms with Gasteiger partial charge in [0, 0.05) is 24.5 Å². The van der Waals surface area contributed by atoms with E-state index in [1.165, 1.54) is 0 Å². The van der Waals surface area contributed by atoms with Gasteiger partial charge in [-0.05, 0) is 30.3 Å². The van der Waals surface area contributed by atoms with Crippen molar-refractivity contribution in [3.05, 3.63) is 35.9 Å². The fourth-order valence-corrected chi connectivity index (χ4v) is 4.19. The molecule has 4 atom stereocenters. The maximum Gasteiger partial charge on any atom is 0.338 e. The van der Waals surface area contributed by atoms with Crippen LogP contribution in [0, 0.1) is 11.8 Å². The molecule has 0 aromatic heterocycles. The maximum absolute atomic E-state index is 12.5. The first-order valence-corrected chi connectivity index (χ1v) is 12.8. The summed E-state index contributed by atoms with van der Waals surface area (Å²) in [5.41, 5.74) is 0.520. The molecule has 3 rings (SSSR count). The van der Waals surface area contributed by atoms with Crippen LogP contribution < -0.4 is 5.09 Å². The van der Waals surface area contributed by atoms with Crippen LogP contribution in [0.5, 0.6) is 0 Å². The van der Waals surface area contributed by atoms with E-state index < -0.39 is 8.24 Å². The van der Waals surface area contributed by atoms with Gasteiger partial charge >= 0.3 is 11.9 Å². The molecule has 1 aliphatic heterocycles. The smallest absolute Gasteiger partial charge is 0.338 e. The lowest BCUT2D eigenvalue weighted by atomic mass is 9.93. The summed E-state index contributed by atoms with van der Waals surface area (Å²) in [6, 6.07) is 8.95. The molecule has 0 bridgehead atoms. The number of esters is 2. The molecule has 1 heterocycles. The molecule has 0 unspecified atom stereocenters. The number of benzene rings is 1. The minimum Gasteiger partial charge on any atom is -0.462 e. The zero-order valence-electron chi connectivity index (χ0n) is 17.3. The first-order chi connectivity index (χ1) is 13.1. The normalized spacial score (nSPS) is 27.5. The molecule has 152 valence electrons. The highest BCUT2D eigenvalue weighted by Crippen LogP contribution is 2.42. The second kappa shape index (κ2) is 7.70. The van der Waals surface area contributed by atoms with Crippen molar-refractivity contribution in [1.29, 1.82) is 0 Å². The zero-order chi connectivity index (χ0) is 20.5. The van der Waals surface area contributed by atoms with E-state index in [-0.39, 0.29) is 41.0 Å². The summed E-state index contributed by atoms with van der Waals surface area (Å²) >= 11 is 0. The highest BCUT2D eigenvalue weighted by molar-refractivity contribution is 6.77. The largest absolute Gasteiger partial charge is 0.462 e. The van der Waals surface area contributed by atoms with Crippen LogP contribution >= 0.6 is 0 Å². The van der Waals surface area contributed by atoms with Crippen molar-refractivity contribution in [1.82, 2.24) is 5.09 Å². The fraction of sp³-hybridized carbons (Fsp3) is 0.571. The van der Waals surface area contributed by atoms with Gasteiger partial charge in [0.15, 0.2) is 8.24 Å². The molecule has 6 nitrogen and oxygen atoms in total. The fourth-order valence-electron chi connectivity index (χ4n) is 3.46. The lowest BCUT2D eigenvalue weighted by Gasteiger charge is -2.35. The number of carbonyl (C=O) groups is 2. The van der Waals surface area contributed by atoms with Crippen LogP contribution in [0.2, 0.25) is 18.1 Å². The molecule has 0 amide bonds. The van der Waals surface area contributed by atoms with Crippen LogP contribution in [0.4, 0.5) is 0 Å². The number of fused-ring (bicyclic) bond motifs is 1. The van der Waals surface area contributed by atoms with Crippen LogP contribution in [-0.4, -0.2) is 38.6 Å². The summed E-state index contributed by atoms with van der Waals surface area (Å²) in [5.74, 6) is -0.668. The lowest BCUT2D eigenvalue weighted by Crippen LogP contribution is -2.49. The Morgan fingerprint density at radius 2 is 1.96 bits per heavy atom. The summed E-state index contributed by atoms with van der Waals surface area (Å²) in [4.78, 5) is 24.2. The molecule has 1 saturated heterocycles. The molecule has 28 heavy (non-hydrogen) atoms. The average molecular weight is 403 g/mol. The third-order valence-electron chi connectivity index (χ3n) is 6.28. The molecule has 1 aromatic carbocycles. The second-order valence-corrected chi connectivity index (χ2v) is 14.3. The molecule has 0 radical (unpaired) electrons. The molecule has 2 fully saturated rings. The summed E-state index contributed by atoms with van der Waals surface area (Å²) in [7, 11) is -1.78. The number of hydrogen-bond donors (Lipinski definition) is 1. The van der Waals surface area contributed by atoms with Crippen LogP contribution in [0.3, 0.4) is 0 Å². The van der Waals surface area contributed by atoms with Crippen molar-refractivity contribution >= 4 is 26.4 Å². The number of nitrogens with zero attached hydrogens (tertiary/aromatic N) is 1. The third-order valence-corrected chi connectivity index (χ3v) is 10.7. The van der Waals surface area contributed by atoms with E-state index in [0.717, 1.165) is 0 Å². The zero-order valence-corrected chi connectivity index (χ0v) is 18.3. The van der Waals surface area contributed by atoms with Crippen molar-refractivity contribution in [3.8, 4) is 0 Å². The van der Waals surface area contributed by atoms with E-state index in [4.69, 9.17) is 9.47 Å². The molecule has 7 heteroatoms. The number of hydrogen-bond acceptors (Lipinski definition) is 6. The van der Waals surface area contributed by atoms with E-state index in [9.17, 15) is 9.59 Å². The van der Waals surface area contributed by atoms with Crippen LogP contribution in [0.1, 0.15) is 44.0 Å². The Morgan fingerprint density at radius 1 is 1.29 bits per heavy atom. The minimum atomic E-state index is -1.78.